The van der Waals surface area contributed by atoms with Crippen molar-refractivity contribution in [3.63, 3.8) is 0 Å². The number of hydrogen-bond donors (Lipinski definition) is 1. The number of fused-ring (bicyclic) bond motifs is 1. The summed E-state index contributed by atoms with van der Waals surface area (Å²) in [4.78, 5) is 11.4. The minimum Gasteiger partial charge on any atom is -0.326 e. The fraction of sp³-hybridized carbons (Fsp3) is 0.176. The lowest BCUT2D eigenvalue weighted by Crippen LogP contribution is -2.27. The van der Waals surface area contributed by atoms with Crippen molar-refractivity contribution in [1.82, 2.24) is 0 Å². The number of benzene rings is 2. The van der Waals surface area contributed by atoms with Gasteiger partial charge in [0.25, 0.3) is 4.34 Å². The number of aromatic nitrogens is 1. The highest BCUT2D eigenvalue weighted by Gasteiger charge is 2.17. The Balaban J connectivity index is 2.13. The highest BCUT2D eigenvalue weighted by molar-refractivity contribution is 8.00. The number of thiazole rings is 1. The first kappa shape index (κ1) is 15.1. The van der Waals surface area contributed by atoms with Crippen LogP contribution in [0.25, 0.3) is 21.3 Å². The van der Waals surface area contributed by atoms with E-state index in [0.29, 0.717) is 0 Å². The highest BCUT2D eigenvalue weighted by atomic mass is 32.2. The van der Waals surface area contributed by atoms with Gasteiger partial charge in [0, 0.05) is 24.2 Å². The van der Waals surface area contributed by atoms with Crippen LogP contribution in [-0.4, -0.2) is 12.2 Å². The smallest absolute Gasteiger partial charge is 0.297 e. The SMILES string of the molecule is CSc1sc2cc(-c3ccccc3NC(C)=O)ccc2[n+]1C. The topological polar surface area (TPSA) is 33.0 Å². The molecule has 1 amide bonds. The number of anilines is 1. The van der Waals surface area contributed by atoms with E-state index in [4.69, 9.17) is 0 Å². The molecule has 2 aromatic carbocycles. The molecule has 22 heavy (non-hydrogen) atoms. The Morgan fingerprint density at radius 3 is 2.73 bits per heavy atom. The van der Waals surface area contributed by atoms with Gasteiger partial charge in [0.2, 0.25) is 11.4 Å². The van der Waals surface area contributed by atoms with Crippen molar-refractivity contribution in [2.24, 2.45) is 7.05 Å². The molecule has 0 bridgehead atoms. The quantitative estimate of drug-likeness (QED) is 0.580. The summed E-state index contributed by atoms with van der Waals surface area (Å²) in [5.41, 5.74) is 4.24. The largest absolute Gasteiger partial charge is 0.326 e. The molecule has 0 atom stereocenters. The maximum atomic E-state index is 11.4. The van der Waals surface area contributed by atoms with Crippen LogP contribution >= 0.6 is 23.1 Å². The Morgan fingerprint density at radius 1 is 1.23 bits per heavy atom. The van der Waals surface area contributed by atoms with Gasteiger partial charge in [0.15, 0.2) is 0 Å². The van der Waals surface area contributed by atoms with Crippen LogP contribution in [0.1, 0.15) is 6.92 Å². The van der Waals surface area contributed by atoms with E-state index in [1.165, 1.54) is 21.5 Å². The minimum absolute atomic E-state index is 0.0549. The first-order valence-electron chi connectivity index (χ1n) is 6.93. The molecule has 3 nitrogen and oxygen atoms in total. The molecule has 1 aromatic heterocycles. The van der Waals surface area contributed by atoms with Crippen molar-refractivity contribution in [2.75, 3.05) is 11.6 Å². The predicted octanol–water partition coefficient (Wildman–Crippen LogP) is 4.07. The molecule has 0 aliphatic rings. The third-order valence-electron chi connectivity index (χ3n) is 3.52. The number of thioether (sulfide) groups is 1. The number of nitrogens with zero attached hydrogens (tertiary/aromatic N) is 1. The zero-order valence-electron chi connectivity index (χ0n) is 12.7. The molecule has 0 radical (unpaired) electrons. The normalized spacial score (nSPS) is 10.9. The summed E-state index contributed by atoms with van der Waals surface area (Å²) in [6.45, 7) is 1.53. The fourth-order valence-electron chi connectivity index (χ4n) is 2.51. The number of carbonyl (C=O) groups excluding carboxylic acids is 1. The minimum atomic E-state index is -0.0549. The molecule has 0 aliphatic carbocycles. The summed E-state index contributed by atoms with van der Waals surface area (Å²) >= 11 is 3.55. The van der Waals surface area contributed by atoms with E-state index in [0.717, 1.165) is 16.8 Å². The lowest BCUT2D eigenvalue weighted by molar-refractivity contribution is -0.676. The molecule has 0 unspecified atom stereocenters. The first-order chi connectivity index (χ1) is 10.6. The second-order valence-electron chi connectivity index (χ2n) is 5.04. The van der Waals surface area contributed by atoms with Crippen molar-refractivity contribution in [3.05, 3.63) is 42.5 Å². The Bertz CT molecular complexity index is 855. The van der Waals surface area contributed by atoms with E-state index < -0.39 is 0 Å². The third kappa shape index (κ3) is 2.74. The van der Waals surface area contributed by atoms with E-state index in [1.807, 2.05) is 24.3 Å². The predicted molar refractivity (Wildman–Crippen MR) is 94.5 cm³/mol. The van der Waals surface area contributed by atoms with Crippen LogP contribution in [-0.2, 0) is 11.8 Å². The maximum Gasteiger partial charge on any atom is 0.297 e. The molecule has 112 valence electrons. The Morgan fingerprint density at radius 2 is 2.00 bits per heavy atom. The van der Waals surface area contributed by atoms with Crippen LogP contribution in [0.2, 0.25) is 0 Å². The number of hydrogen-bond acceptors (Lipinski definition) is 3. The maximum absolute atomic E-state index is 11.4. The molecule has 1 heterocycles. The number of para-hydroxylation sites is 1. The van der Waals surface area contributed by atoms with E-state index in [1.54, 1.807) is 23.1 Å². The molecule has 3 rings (SSSR count). The monoisotopic (exact) mass is 329 g/mol. The van der Waals surface area contributed by atoms with Gasteiger partial charge < -0.3 is 5.32 Å². The standard InChI is InChI=1S/C17H16N2OS2/c1-11(20)18-14-7-5-4-6-13(14)12-8-9-15-16(10-12)22-17(21-3)19(15)2/h4-10H,1-3H3/p+1. The van der Waals surface area contributed by atoms with E-state index in [-0.39, 0.29) is 5.91 Å². The second kappa shape index (κ2) is 6.10. The summed E-state index contributed by atoms with van der Waals surface area (Å²) in [5.74, 6) is -0.0549. The average molecular weight is 329 g/mol. The molecular weight excluding hydrogens is 312 g/mol. The van der Waals surface area contributed by atoms with Crippen LogP contribution < -0.4 is 9.88 Å². The van der Waals surface area contributed by atoms with E-state index >= 15 is 0 Å². The number of nitrogens with one attached hydrogen (secondary N) is 1. The van der Waals surface area contributed by atoms with Gasteiger partial charge in [-0.2, -0.15) is 4.57 Å². The van der Waals surface area contributed by atoms with Gasteiger partial charge in [-0.1, -0.05) is 29.5 Å². The van der Waals surface area contributed by atoms with Crippen LogP contribution in [0.15, 0.2) is 46.8 Å². The summed E-state index contributed by atoms with van der Waals surface area (Å²) < 4.78 is 4.75. The van der Waals surface area contributed by atoms with E-state index in [2.05, 4.69) is 41.4 Å². The van der Waals surface area contributed by atoms with Crippen LogP contribution in [0.5, 0.6) is 0 Å². The van der Waals surface area contributed by atoms with Crippen LogP contribution in [0, 0.1) is 0 Å². The van der Waals surface area contributed by atoms with Crippen molar-refractivity contribution < 1.29 is 9.36 Å². The number of aryl methyl sites for hydroxylation is 1. The molecule has 0 saturated heterocycles. The summed E-state index contributed by atoms with van der Waals surface area (Å²) in [6, 6.07) is 14.3. The zero-order chi connectivity index (χ0) is 15.7. The molecule has 0 saturated carbocycles. The fourth-order valence-corrected chi connectivity index (χ4v) is 4.41. The van der Waals surface area contributed by atoms with Crippen molar-refractivity contribution in [2.45, 2.75) is 11.3 Å². The lowest BCUT2D eigenvalue weighted by Gasteiger charge is -2.09. The highest BCUT2D eigenvalue weighted by Crippen LogP contribution is 2.33. The molecule has 5 heteroatoms. The van der Waals surface area contributed by atoms with Crippen molar-refractivity contribution >= 4 is 44.9 Å². The molecule has 0 aliphatic heterocycles. The Labute approximate surface area is 138 Å². The lowest BCUT2D eigenvalue weighted by atomic mass is 10.0. The van der Waals surface area contributed by atoms with Gasteiger partial charge >= 0.3 is 0 Å². The van der Waals surface area contributed by atoms with Gasteiger partial charge in [-0.25, -0.2) is 0 Å². The second-order valence-corrected chi connectivity index (χ2v) is 7.12. The van der Waals surface area contributed by atoms with Crippen LogP contribution in [0.4, 0.5) is 5.69 Å². The number of amides is 1. The summed E-state index contributed by atoms with van der Waals surface area (Å²) in [6.07, 6.45) is 2.09. The van der Waals surface area contributed by atoms with Crippen molar-refractivity contribution in [3.8, 4) is 11.1 Å². The van der Waals surface area contributed by atoms with E-state index in [9.17, 15) is 4.79 Å². The van der Waals surface area contributed by atoms with Gasteiger partial charge in [0.1, 0.15) is 11.7 Å². The van der Waals surface area contributed by atoms with Gasteiger partial charge in [-0.15, -0.1) is 0 Å². The average Bonchev–Trinajstić information content (AvgIpc) is 2.83. The van der Waals surface area contributed by atoms with Gasteiger partial charge in [0.05, 0.1) is 0 Å². The molecule has 0 fully saturated rings. The third-order valence-corrected chi connectivity index (χ3v) is 5.88. The van der Waals surface area contributed by atoms with Crippen LogP contribution in [0.3, 0.4) is 0 Å². The van der Waals surface area contributed by atoms with Gasteiger partial charge in [-0.05, 0) is 41.8 Å². The first-order valence-corrected chi connectivity index (χ1v) is 8.98. The summed E-state index contributed by atoms with van der Waals surface area (Å²) in [7, 11) is 2.09. The summed E-state index contributed by atoms with van der Waals surface area (Å²) in [5, 5.41) is 2.90. The Kier molecular flexibility index (Phi) is 4.18. The molecule has 0 spiro atoms. The molecular formula is C17H17N2OS2+. The van der Waals surface area contributed by atoms with Crippen molar-refractivity contribution in [1.29, 1.82) is 0 Å². The zero-order valence-corrected chi connectivity index (χ0v) is 14.3. The molecule has 3 aromatic rings. The molecule has 1 N–H and O–H groups in total. The number of carbonyl (C=O) groups is 1. The Hall–Kier alpha value is -1.85. The number of rotatable bonds is 3. The van der Waals surface area contributed by atoms with Gasteiger partial charge in [-0.3, -0.25) is 4.79 Å².